The highest BCUT2D eigenvalue weighted by Crippen LogP contribution is 2.30. The van der Waals surface area contributed by atoms with Crippen LogP contribution in [0.1, 0.15) is 26.7 Å². The molecule has 2 aliphatic heterocycles. The number of hydrogen-bond donors (Lipinski definition) is 1. The Bertz CT molecular complexity index is 244. The Morgan fingerprint density at radius 2 is 2.00 bits per heavy atom. The SMILES string of the molecule is CC1(C)CCN(C(=O)[C@H]2CSCN2)CC1.Cl. The molecule has 2 aliphatic rings. The van der Waals surface area contributed by atoms with Gasteiger partial charge in [-0.25, -0.2) is 0 Å². The monoisotopic (exact) mass is 264 g/mol. The summed E-state index contributed by atoms with van der Waals surface area (Å²) < 4.78 is 0. The molecule has 3 nitrogen and oxygen atoms in total. The number of rotatable bonds is 1. The highest BCUT2D eigenvalue weighted by Gasteiger charge is 2.32. The average Bonchev–Trinajstić information content (AvgIpc) is 2.69. The van der Waals surface area contributed by atoms with Crippen LogP contribution < -0.4 is 5.32 Å². The number of piperidine rings is 1. The Kier molecular flexibility index (Phi) is 4.95. The molecule has 2 saturated heterocycles. The number of thioether (sulfide) groups is 1. The molecule has 1 amide bonds. The predicted molar refractivity (Wildman–Crippen MR) is 71.1 cm³/mol. The van der Waals surface area contributed by atoms with Crippen LogP contribution in [0.15, 0.2) is 0 Å². The predicted octanol–water partition coefficient (Wildman–Crippen LogP) is 1.72. The van der Waals surface area contributed by atoms with Crippen molar-refractivity contribution < 1.29 is 4.79 Å². The van der Waals surface area contributed by atoms with Crippen LogP contribution >= 0.6 is 24.2 Å². The van der Waals surface area contributed by atoms with Gasteiger partial charge in [-0.2, -0.15) is 0 Å². The summed E-state index contributed by atoms with van der Waals surface area (Å²) in [7, 11) is 0. The van der Waals surface area contributed by atoms with Crippen molar-refractivity contribution in [2.24, 2.45) is 5.41 Å². The number of hydrogen-bond acceptors (Lipinski definition) is 3. The molecule has 2 fully saturated rings. The lowest BCUT2D eigenvalue weighted by atomic mass is 9.82. The van der Waals surface area contributed by atoms with E-state index in [9.17, 15) is 4.79 Å². The zero-order valence-corrected chi connectivity index (χ0v) is 11.6. The van der Waals surface area contributed by atoms with Gasteiger partial charge in [-0.15, -0.1) is 24.2 Å². The second-order valence-electron chi connectivity index (χ2n) is 5.26. The van der Waals surface area contributed by atoms with Gasteiger partial charge in [-0.05, 0) is 18.3 Å². The summed E-state index contributed by atoms with van der Waals surface area (Å²) in [4.78, 5) is 14.1. The van der Waals surface area contributed by atoms with E-state index >= 15 is 0 Å². The second kappa shape index (κ2) is 5.61. The fourth-order valence-electron chi connectivity index (χ4n) is 2.11. The van der Waals surface area contributed by atoms with Crippen LogP contribution in [0.2, 0.25) is 0 Å². The Morgan fingerprint density at radius 1 is 1.38 bits per heavy atom. The number of carbonyl (C=O) groups excluding carboxylic acids is 1. The molecular weight excluding hydrogens is 244 g/mol. The van der Waals surface area contributed by atoms with Gasteiger partial charge in [0.25, 0.3) is 0 Å². The van der Waals surface area contributed by atoms with Crippen molar-refractivity contribution in [2.45, 2.75) is 32.7 Å². The van der Waals surface area contributed by atoms with Crippen LogP contribution in [0, 0.1) is 5.41 Å². The average molecular weight is 265 g/mol. The highest BCUT2D eigenvalue weighted by molar-refractivity contribution is 7.99. The van der Waals surface area contributed by atoms with Crippen molar-refractivity contribution in [3.8, 4) is 0 Å². The van der Waals surface area contributed by atoms with Crippen LogP contribution in [0.4, 0.5) is 0 Å². The number of carbonyl (C=O) groups is 1. The van der Waals surface area contributed by atoms with Gasteiger partial charge in [0.1, 0.15) is 0 Å². The van der Waals surface area contributed by atoms with Crippen LogP contribution in [-0.2, 0) is 4.79 Å². The molecule has 2 rings (SSSR count). The zero-order valence-electron chi connectivity index (χ0n) is 9.99. The summed E-state index contributed by atoms with van der Waals surface area (Å²) >= 11 is 1.82. The lowest BCUT2D eigenvalue weighted by molar-refractivity contribution is -0.134. The number of nitrogens with one attached hydrogen (secondary N) is 1. The summed E-state index contributed by atoms with van der Waals surface area (Å²) in [5, 5.41) is 3.25. The van der Waals surface area contributed by atoms with Crippen LogP contribution in [0.25, 0.3) is 0 Å². The second-order valence-corrected chi connectivity index (χ2v) is 6.29. The van der Waals surface area contributed by atoms with E-state index in [2.05, 4.69) is 19.2 Å². The van der Waals surface area contributed by atoms with E-state index < -0.39 is 0 Å². The molecule has 1 atom stereocenters. The summed E-state index contributed by atoms with van der Waals surface area (Å²) in [6, 6.07) is 0.0798. The lowest BCUT2D eigenvalue weighted by Gasteiger charge is -2.37. The van der Waals surface area contributed by atoms with Gasteiger partial charge in [0, 0.05) is 24.7 Å². The number of amides is 1. The quantitative estimate of drug-likeness (QED) is 0.783. The smallest absolute Gasteiger partial charge is 0.240 e. The molecule has 2 heterocycles. The molecule has 0 aliphatic carbocycles. The van der Waals surface area contributed by atoms with E-state index in [0.717, 1.165) is 37.6 Å². The largest absolute Gasteiger partial charge is 0.341 e. The normalized spacial score (nSPS) is 28.6. The van der Waals surface area contributed by atoms with Gasteiger partial charge in [-0.3, -0.25) is 10.1 Å². The Labute approximate surface area is 108 Å². The van der Waals surface area contributed by atoms with Gasteiger partial charge >= 0.3 is 0 Å². The van der Waals surface area contributed by atoms with Crippen LogP contribution in [0.3, 0.4) is 0 Å². The van der Waals surface area contributed by atoms with Crippen molar-refractivity contribution in [2.75, 3.05) is 24.7 Å². The van der Waals surface area contributed by atoms with Gasteiger partial charge in [-0.1, -0.05) is 13.8 Å². The van der Waals surface area contributed by atoms with E-state index in [-0.39, 0.29) is 18.4 Å². The van der Waals surface area contributed by atoms with Crippen molar-refractivity contribution in [1.29, 1.82) is 0 Å². The van der Waals surface area contributed by atoms with E-state index in [0.29, 0.717) is 11.3 Å². The molecule has 0 bridgehead atoms. The minimum Gasteiger partial charge on any atom is -0.341 e. The number of likely N-dealkylation sites (tertiary alicyclic amines) is 1. The first-order valence-electron chi connectivity index (χ1n) is 5.68. The summed E-state index contributed by atoms with van der Waals surface area (Å²) in [5.41, 5.74) is 0.425. The zero-order chi connectivity index (χ0) is 10.9. The third-order valence-electron chi connectivity index (χ3n) is 3.44. The molecule has 0 aromatic carbocycles. The third-order valence-corrected chi connectivity index (χ3v) is 4.38. The van der Waals surface area contributed by atoms with Gasteiger partial charge in [0.05, 0.1) is 6.04 Å². The molecule has 1 N–H and O–H groups in total. The maximum Gasteiger partial charge on any atom is 0.240 e. The molecule has 5 heteroatoms. The lowest BCUT2D eigenvalue weighted by Crippen LogP contribution is -2.49. The molecule has 0 saturated carbocycles. The molecule has 0 unspecified atom stereocenters. The molecule has 0 aromatic heterocycles. The van der Waals surface area contributed by atoms with Gasteiger partial charge in [0.2, 0.25) is 5.91 Å². The van der Waals surface area contributed by atoms with Crippen LogP contribution in [0.5, 0.6) is 0 Å². The first-order chi connectivity index (χ1) is 7.08. The fraction of sp³-hybridized carbons (Fsp3) is 0.909. The first-order valence-corrected chi connectivity index (χ1v) is 6.84. The summed E-state index contributed by atoms with van der Waals surface area (Å²) in [6.45, 7) is 6.46. The Hall–Kier alpha value is 0.0700. The van der Waals surface area contributed by atoms with E-state index in [1.54, 1.807) is 0 Å². The Morgan fingerprint density at radius 3 is 2.50 bits per heavy atom. The van der Waals surface area contributed by atoms with E-state index in [1.165, 1.54) is 0 Å². The minimum absolute atomic E-state index is 0. The van der Waals surface area contributed by atoms with Gasteiger partial charge in [0.15, 0.2) is 0 Å². The maximum absolute atomic E-state index is 12.1. The van der Waals surface area contributed by atoms with Crippen molar-refractivity contribution in [1.82, 2.24) is 10.2 Å². The van der Waals surface area contributed by atoms with Gasteiger partial charge < -0.3 is 4.90 Å². The molecular formula is C11H21ClN2OS. The van der Waals surface area contributed by atoms with E-state index in [1.807, 2.05) is 16.7 Å². The minimum atomic E-state index is 0. The van der Waals surface area contributed by atoms with Crippen LogP contribution in [-0.4, -0.2) is 41.6 Å². The van der Waals surface area contributed by atoms with Crippen molar-refractivity contribution in [3.63, 3.8) is 0 Å². The topological polar surface area (TPSA) is 32.3 Å². The Balaban J connectivity index is 0.00000128. The maximum atomic E-state index is 12.1. The molecule has 94 valence electrons. The van der Waals surface area contributed by atoms with Crippen molar-refractivity contribution >= 4 is 30.1 Å². The highest BCUT2D eigenvalue weighted by atomic mass is 35.5. The summed E-state index contributed by atoms with van der Waals surface area (Å²) in [6.07, 6.45) is 2.28. The molecule has 0 radical (unpaired) electrons. The third kappa shape index (κ3) is 3.28. The van der Waals surface area contributed by atoms with Crippen molar-refractivity contribution in [3.05, 3.63) is 0 Å². The fourth-order valence-corrected chi connectivity index (χ4v) is 3.04. The van der Waals surface area contributed by atoms with E-state index in [4.69, 9.17) is 0 Å². The number of halogens is 1. The summed E-state index contributed by atoms with van der Waals surface area (Å²) in [5.74, 6) is 2.18. The molecule has 0 aromatic rings. The molecule has 16 heavy (non-hydrogen) atoms. The first kappa shape index (κ1) is 14.1. The standard InChI is InChI=1S/C11H20N2OS.ClH/c1-11(2)3-5-13(6-4-11)10(14)9-7-15-8-12-9;/h9,12H,3-8H2,1-2H3;1H/t9-;/m1./s1. The molecule has 0 spiro atoms. The number of nitrogens with zero attached hydrogens (tertiary/aromatic N) is 1.